The number of aryl methyl sites for hydroxylation is 1. The highest BCUT2D eigenvalue weighted by atomic mass is 32.2. The van der Waals surface area contributed by atoms with E-state index in [1.54, 1.807) is 29.9 Å². The van der Waals surface area contributed by atoms with Gasteiger partial charge in [-0.25, -0.2) is 18.1 Å². The number of ether oxygens (including phenoxy) is 1. The maximum Gasteiger partial charge on any atom is 0.244 e. The van der Waals surface area contributed by atoms with Crippen molar-refractivity contribution in [3.8, 4) is 5.88 Å². The van der Waals surface area contributed by atoms with Crippen LogP contribution < -0.4 is 9.46 Å². The van der Waals surface area contributed by atoms with Crippen LogP contribution in [0.15, 0.2) is 29.4 Å². The van der Waals surface area contributed by atoms with Crippen molar-refractivity contribution in [3.63, 3.8) is 0 Å². The summed E-state index contributed by atoms with van der Waals surface area (Å²) in [6.45, 7) is 4.25. The standard InChI is InChI=1S/C17H24N4O4S/c1-4-21-11(2)15(10-19-21)26(23,24)20-17(13-7-14(22)8-13)12-5-6-16(25-3)18-9-12/h5-6,9-10,13-14,17,20,22H,4,7-8H2,1-3H3. The molecule has 26 heavy (non-hydrogen) atoms. The van der Waals surface area contributed by atoms with Gasteiger partial charge in [0.25, 0.3) is 0 Å². The lowest BCUT2D eigenvalue weighted by molar-refractivity contribution is 0.0279. The van der Waals surface area contributed by atoms with Crippen molar-refractivity contribution < 1.29 is 18.3 Å². The molecular formula is C17H24N4O4S. The molecule has 1 aliphatic rings. The van der Waals surface area contributed by atoms with Gasteiger partial charge in [-0.15, -0.1) is 0 Å². The first-order valence-corrected chi connectivity index (χ1v) is 10.1. The van der Waals surface area contributed by atoms with Crippen molar-refractivity contribution in [1.29, 1.82) is 0 Å². The van der Waals surface area contributed by atoms with Crippen LogP contribution in [0, 0.1) is 12.8 Å². The fourth-order valence-electron chi connectivity index (χ4n) is 3.28. The number of methoxy groups -OCH3 is 1. The van der Waals surface area contributed by atoms with E-state index in [0.717, 1.165) is 5.56 Å². The van der Waals surface area contributed by atoms with Crippen LogP contribution in [-0.4, -0.2) is 41.5 Å². The molecule has 0 bridgehead atoms. The first-order chi connectivity index (χ1) is 12.4. The van der Waals surface area contributed by atoms with E-state index in [1.807, 2.05) is 6.92 Å². The van der Waals surface area contributed by atoms with Gasteiger partial charge in [0.2, 0.25) is 15.9 Å². The molecule has 0 aliphatic heterocycles. The topological polar surface area (TPSA) is 106 Å². The zero-order valence-corrected chi connectivity index (χ0v) is 15.9. The normalized spacial score (nSPS) is 21.2. The van der Waals surface area contributed by atoms with Crippen molar-refractivity contribution >= 4 is 10.0 Å². The van der Waals surface area contributed by atoms with Crippen molar-refractivity contribution in [2.75, 3.05) is 7.11 Å². The van der Waals surface area contributed by atoms with Gasteiger partial charge in [-0.05, 0) is 38.2 Å². The summed E-state index contributed by atoms with van der Waals surface area (Å²) in [5, 5.41) is 13.8. The molecule has 0 radical (unpaired) electrons. The van der Waals surface area contributed by atoms with Crippen LogP contribution in [-0.2, 0) is 16.6 Å². The summed E-state index contributed by atoms with van der Waals surface area (Å²) < 4.78 is 35.4. The minimum Gasteiger partial charge on any atom is -0.481 e. The molecule has 142 valence electrons. The van der Waals surface area contributed by atoms with E-state index in [2.05, 4.69) is 14.8 Å². The number of hydrogen-bond donors (Lipinski definition) is 2. The zero-order chi connectivity index (χ0) is 18.9. The quantitative estimate of drug-likeness (QED) is 0.752. The highest BCUT2D eigenvalue weighted by Crippen LogP contribution is 2.39. The number of sulfonamides is 1. The van der Waals surface area contributed by atoms with E-state index in [-0.39, 0.29) is 16.9 Å². The fourth-order valence-corrected chi connectivity index (χ4v) is 4.75. The largest absolute Gasteiger partial charge is 0.481 e. The van der Waals surface area contributed by atoms with Crippen molar-refractivity contribution in [2.24, 2.45) is 5.92 Å². The average Bonchev–Trinajstić information content (AvgIpc) is 2.99. The summed E-state index contributed by atoms with van der Waals surface area (Å²) in [5.74, 6) is 0.473. The van der Waals surface area contributed by atoms with Crippen LogP contribution in [0.4, 0.5) is 0 Å². The monoisotopic (exact) mass is 380 g/mol. The Kier molecular flexibility index (Phi) is 5.31. The second-order valence-electron chi connectivity index (χ2n) is 6.53. The number of aliphatic hydroxyl groups is 1. The fraction of sp³-hybridized carbons (Fsp3) is 0.529. The van der Waals surface area contributed by atoms with Gasteiger partial charge in [0.05, 0.1) is 31.1 Å². The van der Waals surface area contributed by atoms with Crippen molar-refractivity contribution in [1.82, 2.24) is 19.5 Å². The van der Waals surface area contributed by atoms with Gasteiger partial charge in [0.15, 0.2) is 0 Å². The molecule has 1 unspecified atom stereocenters. The van der Waals surface area contributed by atoms with Gasteiger partial charge in [0.1, 0.15) is 4.90 Å². The number of nitrogens with zero attached hydrogens (tertiary/aromatic N) is 3. The summed E-state index contributed by atoms with van der Waals surface area (Å²) in [7, 11) is -2.23. The summed E-state index contributed by atoms with van der Waals surface area (Å²) in [5.41, 5.74) is 1.34. The van der Waals surface area contributed by atoms with Crippen molar-refractivity contribution in [2.45, 2.75) is 50.3 Å². The third kappa shape index (κ3) is 3.60. The highest BCUT2D eigenvalue weighted by Gasteiger charge is 2.38. The van der Waals surface area contributed by atoms with Crippen LogP contribution in [0.5, 0.6) is 5.88 Å². The molecule has 8 nitrogen and oxygen atoms in total. The Balaban J connectivity index is 1.90. The van der Waals surface area contributed by atoms with Crippen LogP contribution in [0.2, 0.25) is 0 Å². The van der Waals surface area contributed by atoms with E-state index < -0.39 is 16.1 Å². The Morgan fingerprint density at radius 2 is 2.12 bits per heavy atom. The first kappa shape index (κ1) is 18.8. The van der Waals surface area contributed by atoms with E-state index in [0.29, 0.717) is 31.0 Å². The molecule has 0 spiro atoms. The number of pyridine rings is 1. The predicted molar refractivity (Wildman–Crippen MR) is 95.2 cm³/mol. The van der Waals surface area contributed by atoms with Gasteiger partial charge in [-0.2, -0.15) is 5.10 Å². The van der Waals surface area contributed by atoms with Gasteiger partial charge >= 0.3 is 0 Å². The molecule has 2 N–H and O–H groups in total. The molecule has 2 aromatic rings. The van der Waals surface area contributed by atoms with Crippen LogP contribution in [0.1, 0.15) is 37.1 Å². The lowest BCUT2D eigenvalue weighted by atomic mass is 9.76. The Bertz CT molecular complexity index is 857. The summed E-state index contributed by atoms with van der Waals surface area (Å²) in [6.07, 6.45) is 3.70. The molecule has 1 atom stereocenters. The SMILES string of the molecule is CCn1ncc(S(=O)(=O)NC(c2ccc(OC)nc2)C2CC(O)C2)c1C. The van der Waals surface area contributed by atoms with Gasteiger partial charge in [0, 0.05) is 18.8 Å². The molecule has 9 heteroatoms. The molecule has 2 aromatic heterocycles. The van der Waals surface area contributed by atoms with Crippen molar-refractivity contribution in [3.05, 3.63) is 35.8 Å². The van der Waals surface area contributed by atoms with E-state index >= 15 is 0 Å². The minimum atomic E-state index is -3.76. The third-order valence-electron chi connectivity index (χ3n) is 4.88. The Labute approximate surface area is 153 Å². The lowest BCUT2D eigenvalue weighted by Gasteiger charge is -2.38. The summed E-state index contributed by atoms with van der Waals surface area (Å²) in [4.78, 5) is 4.35. The highest BCUT2D eigenvalue weighted by molar-refractivity contribution is 7.89. The minimum absolute atomic E-state index is 0.0106. The van der Waals surface area contributed by atoms with Crippen LogP contribution in [0.3, 0.4) is 0 Å². The molecule has 1 aliphatic carbocycles. The maximum atomic E-state index is 12.9. The second kappa shape index (κ2) is 7.34. The molecule has 0 saturated heterocycles. The number of aliphatic hydroxyl groups excluding tert-OH is 1. The summed E-state index contributed by atoms with van der Waals surface area (Å²) in [6, 6.07) is 3.03. The smallest absolute Gasteiger partial charge is 0.244 e. The van der Waals surface area contributed by atoms with E-state index in [1.165, 1.54) is 13.3 Å². The van der Waals surface area contributed by atoms with E-state index in [4.69, 9.17) is 4.74 Å². The van der Waals surface area contributed by atoms with Gasteiger partial charge < -0.3 is 9.84 Å². The molecule has 1 saturated carbocycles. The van der Waals surface area contributed by atoms with E-state index in [9.17, 15) is 13.5 Å². The lowest BCUT2D eigenvalue weighted by Crippen LogP contribution is -2.41. The Morgan fingerprint density at radius 1 is 1.38 bits per heavy atom. The number of nitrogens with one attached hydrogen (secondary N) is 1. The molecule has 1 fully saturated rings. The average molecular weight is 380 g/mol. The number of hydrogen-bond acceptors (Lipinski definition) is 6. The molecule has 0 aromatic carbocycles. The second-order valence-corrected chi connectivity index (χ2v) is 8.21. The zero-order valence-electron chi connectivity index (χ0n) is 15.1. The summed E-state index contributed by atoms with van der Waals surface area (Å²) >= 11 is 0. The van der Waals surface area contributed by atoms with Crippen LogP contribution >= 0.6 is 0 Å². The molecular weight excluding hydrogens is 356 g/mol. The predicted octanol–water partition coefficient (Wildman–Crippen LogP) is 1.41. The number of aromatic nitrogens is 3. The molecule has 0 amide bonds. The molecule has 2 heterocycles. The molecule has 3 rings (SSSR count). The Morgan fingerprint density at radius 3 is 2.62 bits per heavy atom. The third-order valence-corrected chi connectivity index (χ3v) is 6.42. The maximum absolute atomic E-state index is 12.9. The number of rotatable bonds is 7. The Hall–Kier alpha value is -1.97. The first-order valence-electron chi connectivity index (χ1n) is 8.58. The van der Waals surface area contributed by atoms with Gasteiger partial charge in [-0.1, -0.05) is 6.07 Å². The van der Waals surface area contributed by atoms with Gasteiger partial charge in [-0.3, -0.25) is 4.68 Å². The van der Waals surface area contributed by atoms with Crippen LogP contribution in [0.25, 0.3) is 0 Å².